The summed E-state index contributed by atoms with van der Waals surface area (Å²) in [5.74, 6) is 0. The number of aliphatic hydroxyl groups excluding tert-OH is 1. The molecule has 1 aromatic heterocycles. The Morgan fingerprint density at radius 2 is 2.14 bits per heavy atom. The fourth-order valence-corrected chi connectivity index (χ4v) is 2.08. The van der Waals surface area contributed by atoms with Gasteiger partial charge < -0.3 is 5.11 Å². The summed E-state index contributed by atoms with van der Waals surface area (Å²) in [6, 6.07) is 1.51. The molecule has 6 heteroatoms. The third-order valence-corrected chi connectivity index (χ3v) is 2.71. The van der Waals surface area contributed by atoms with E-state index in [2.05, 4.69) is 36.8 Å². The summed E-state index contributed by atoms with van der Waals surface area (Å²) in [6.07, 6.45) is -2.62. The molecule has 0 aromatic carbocycles. The second-order valence-electron chi connectivity index (χ2n) is 2.56. The number of hydrogen-bond acceptors (Lipinski definition) is 2. The number of alkyl halides is 3. The third kappa shape index (κ3) is 2.49. The molecule has 0 spiro atoms. The van der Waals surface area contributed by atoms with E-state index in [0.717, 1.165) is 0 Å². The Bertz CT molecular complexity index is 308. The molecule has 0 aliphatic carbocycles. The molecule has 0 aliphatic heterocycles. The van der Waals surface area contributed by atoms with Gasteiger partial charge in [0.15, 0.2) is 0 Å². The van der Waals surface area contributed by atoms with Crippen molar-refractivity contribution in [2.45, 2.75) is 18.4 Å². The van der Waals surface area contributed by atoms with Gasteiger partial charge in [-0.3, -0.25) is 0 Å². The highest BCUT2D eigenvalue weighted by molar-refractivity contribution is 9.10. The van der Waals surface area contributed by atoms with Crippen molar-refractivity contribution in [3.05, 3.63) is 27.5 Å². The molecular weight excluding hydrogens is 324 g/mol. The molecule has 1 N–H and O–H groups in total. The van der Waals surface area contributed by atoms with Gasteiger partial charge in [0.1, 0.15) is 4.60 Å². The van der Waals surface area contributed by atoms with Crippen LogP contribution in [0, 0.1) is 0 Å². The van der Waals surface area contributed by atoms with E-state index < -0.39 is 13.0 Å². The Balaban J connectivity index is 3.33. The highest BCUT2D eigenvalue weighted by Gasteiger charge is 2.18. The molecule has 0 unspecified atom stereocenters. The number of nitrogens with zero attached hydrogens (tertiary/aromatic N) is 1. The molecule has 14 heavy (non-hydrogen) atoms. The lowest BCUT2D eigenvalue weighted by molar-refractivity contribution is 0.145. The quantitative estimate of drug-likeness (QED) is 0.682. The van der Waals surface area contributed by atoms with Crippen LogP contribution in [0.4, 0.5) is 8.78 Å². The predicted octanol–water partition coefficient (Wildman–Crippen LogP) is 3.17. The van der Waals surface area contributed by atoms with Crippen LogP contribution in [0.3, 0.4) is 0 Å². The van der Waals surface area contributed by atoms with Crippen molar-refractivity contribution >= 4 is 31.9 Å². The minimum absolute atomic E-state index is 0.0174. The molecule has 0 fully saturated rings. The zero-order valence-electron chi connectivity index (χ0n) is 6.98. The van der Waals surface area contributed by atoms with Crippen LogP contribution in [-0.2, 0) is 11.9 Å². The van der Waals surface area contributed by atoms with Gasteiger partial charge in [0.05, 0.1) is 12.3 Å². The van der Waals surface area contributed by atoms with Crippen LogP contribution < -0.4 is 0 Å². The number of halogens is 4. The Morgan fingerprint density at radius 1 is 1.50 bits per heavy atom. The zero-order chi connectivity index (χ0) is 10.7. The summed E-state index contributed by atoms with van der Waals surface area (Å²) in [7, 11) is 0. The normalized spacial score (nSPS) is 11.0. The van der Waals surface area contributed by atoms with E-state index in [1.54, 1.807) is 0 Å². The van der Waals surface area contributed by atoms with Crippen molar-refractivity contribution < 1.29 is 13.9 Å². The van der Waals surface area contributed by atoms with E-state index in [9.17, 15) is 8.78 Å². The maximum Gasteiger partial charge on any atom is 0.265 e. The van der Waals surface area contributed by atoms with E-state index in [-0.39, 0.29) is 11.3 Å². The first-order valence-electron chi connectivity index (χ1n) is 3.73. The lowest BCUT2D eigenvalue weighted by atomic mass is 10.1. The average Bonchev–Trinajstić information content (AvgIpc) is 2.15. The van der Waals surface area contributed by atoms with E-state index in [1.807, 2.05) is 0 Å². The van der Waals surface area contributed by atoms with E-state index in [4.69, 9.17) is 5.11 Å². The second kappa shape index (κ2) is 5.14. The monoisotopic (exact) mass is 329 g/mol. The number of pyridine rings is 1. The molecule has 0 saturated heterocycles. The van der Waals surface area contributed by atoms with Gasteiger partial charge in [-0.2, -0.15) is 0 Å². The largest absolute Gasteiger partial charge is 0.390 e. The van der Waals surface area contributed by atoms with Crippen molar-refractivity contribution in [3.63, 3.8) is 0 Å². The summed E-state index contributed by atoms with van der Waals surface area (Å²) in [5, 5.41) is 9.19. The summed E-state index contributed by atoms with van der Waals surface area (Å²) < 4.78 is 25.7. The highest BCUT2D eigenvalue weighted by atomic mass is 79.9. The molecule has 2 nitrogen and oxygen atoms in total. The Labute approximate surface area is 96.6 Å². The molecule has 1 rings (SSSR count). The molecule has 1 aromatic rings. The minimum atomic E-state index is -2.62. The van der Waals surface area contributed by atoms with Crippen LogP contribution in [0.5, 0.6) is 0 Å². The predicted molar refractivity (Wildman–Crippen MR) is 55.4 cm³/mol. The van der Waals surface area contributed by atoms with Crippen LogP contribution in [-0.4, -0.2) is 10.1 Å². The van der Waals surface area contributed by atoms with Crippen LogP contribution in [0.15, 0.2) is 10.7 Å². The number of aliphatic hydroxyl groups is 1. The first-order chi connectivity index (χ1) is 6.60. The standard InChI is InChI=1S/C8H7Br2F2NO/c9-2-4-1-6(10)13-5(3-14)7(4)8(11)12/h1,8,14H,2-3H2. The lowest BCUT2D eigenvalue weighted by Gasteiger charge is -2.10. The van der Waals surface area contributed by atoms with Crippen molar-refractivity contribution in [1.82, 2.24) is 4.98 Å². The van der Waals surface area contributed by atoms with Gasteiger partial charge in [0.2, 0.25) is 0 Å². The fraction of sp³-hybridized carbons (Fsp3) is 0.375. The molecule has 0 bridgehead atoms. The molecule has 0 aliphatic rings. The first-order valence-corrected chi connectivity index (χ1v) is 5.64. The summed E-state index contributed by atoms with van der Waals surface area (Å²) in [5.41, 5.74) is 0.266. The minimum Gasteiger partial charge on any atom is -0.390 e. The summed E-state index contributed by atoms with van der Waals surface area (Å²) in [6.45, 7) is -0.487. The summed E-state index contributed by atoms with van der Waals surface area (Å²) in [4.78, 5) is 3.79. The number of hydrogen-bond donors (Lipinski definition) is 1. The van der Waals surface area contributed by atoms with E-state index in [0.29, 0.717) is 15.5 Å². The first kappa shape index (κ1) is 12.0. The van der Waals surface area contributed by atoms with Crippen LogP contribution in [0.1, 0.15) is 23.2 Å². The number of aromatic nitrogens is 1. The van der Waals surface area contributed by atoms with Gasteiger partial charge in [0, 0.05) is 10.9 Å². The third-order valence-electron chi connectivity index (χ3n) is 1.70. The fourth-order valence-electron chi connectivity index (χ4n) is 1.13. The topological polar surface area (TPSA) is 33.1 Å². The van der Waals surface area contributed by atoms with E-state index in [1.165, 1.54) is 6.07 Å². The van der Waals surface area contributed by atoms with Crippen LogP contribution in [0.25, 0.3) is 0 Å². The van der Waals surface area contributed by atoms with Crippen LogP contribution >= 0.6 is 31.9 Å². The average molecular weight is 331 g/mol. The molecule has 78 valence electrons. The van der Waals surface area contributed by atoms with Crippen molar-refractivity contribution in [2.75, 3.05) is 0 Å². The molecule has 1 heterocycles. The summed E-state index contributed by atoms with van der Waals surface area (Å²) >= 11 is 6.20. The van der Waals surface area contributed by atoms with Gasteiger partial charge in [-0.25, -0.2) is 13.8 Å². The van der Waals surface area contributed by atoms with E-state index >= 15 is 0 Å². The molecule has 0 amide bonds. The van der Waals surface area contributed by atoms with Crippen LogP contribution in [0.2, 0.25) is 0 Å². The Hall–Kier alpha value is -0.0700. The van der Waals surface area contributed by atoms with Crippen molar-refractivity contribution in [3.8, 4) is 0 Å². The smallest absolute Gasteiger partial charge is 0.265 e. The molecule has 0 saturated carbocycles. The van der Waals surface area contributed by atoms with Gasteiger partial charge in [0.25, 0.3) is 6.43 Å². The van der Waals surface area contributed by atoms with Crippen molar-refractivity contribution in [1.29, 1.82) is 0 Å². The Morgan fingerprint density at radius 3 is 2.57 bits per heavy atom. The van der Waals surface area contributed by atoms with Gasteiger partial charge >= 0.3 is 0 Å². The maximum atomic E-state index is 12.6. The zero-order valence-corrected chi connectivity index (χ0v) is 10.1. The second-order valence-corrected chi connectivity index (χ2v) is 3.93. The van der Waals surface area contributed by atoms with Gasteiger partial charge in [-0.15, -0.1) is 0 Å². The van der Waals surface area contributed by atoms with Crippen molar-refractivity contribution in [2.24, 2.45) is 0 Å². The Kier molecular flexibility index (Phi) is 4.40. The molecular formula is C8H7Br2F2NO. The SMILES string of the molecule is OCc1nc(Br)cc(CBr)c1C(F)F. The number of rotatable bonds is 3. The lowest BCUT2D eigenvalue weighted by Crippen LogP contribution is -2.03. The van der Waals surface area contributed by atoms with Gasteiger partial charge in [-0.05, 0) is 27.6 Å². The molecule has 0 radical (unpaired) electrons. The van der Waals surface area contributed by atoms with Gasteiger partial charge in [-0.1, -0.05) is 15.9 Å². The molecule has 0 atom stereocenters. The highest BCUT2D eigenvalue weighted by Crippen LogP contribution is 2.29. The maximum absolute atomic E-state index is 12.6.